The number of benzene rings is 2. The Balaban J connectivity index is 1.97. The molecule has 1 aromatic heterocycles. The Morgan fingerprint density at radius 1 is 1.10 bits per heavy atom. The van der Waals surface area contributed by atoms with Crippen LogP contribution in [0.25, 0.3) is 10.9 Å². The van der Waals surface area contributed by atoms with Crippen molar-refractivity contribution in [3.8, 4) is 5.75 Å². The summed E-state index contributed by atoms with van der Waals surface area (Å²) >= 11 is 0. The molecule has 1 saturated carbocycles. The minimum absolute atomic E-state index is 0.0171. The first kappa shape index (κ1) is 20.0. The van der Waals surface area contributed by atoms with E-state index in [0.29, 0.717) is 18.4 Å². The quantitative estimate of drug-likeness (QED) is 0.438. The molecule has 1 aliphatic carbocycles. The standard InChI is InChI=1S/C22H18F3NO4/c1-2-29-22(28)14-10-26(13-8-9-13)19-15(20(14)27)21(18(25)16(23)17(19)24)30-11-12-6-4-3-5-7-12/h3-7,10,13H,2,8-9,11H2,1H3. The lowest BCUT2D eigenvalue weighted by atomic mass is 10.1. The van der Waals surface area contributed by atoms with E-state index in [0.717, 1.165) is 6.20 Å². The smallest absolute Gasteiger partial charge is 0.343 e. The maximum Gasteiger partial charge on any atom is 0.343 e. The Bertz CT molecular complexity index is 1190. The van der Waals surface area contributed by atoms with Gasteiger partial charge in [-0.1, -0.05) is 30.3 Å². The molecule has 0 unspecified atom stereocenters. The number of ether oxygens (including phenoxy) is 2. The van der Waals surface area contributed by atoms with Crippen LogP contribution in [0, 0.1) is 17.5 Å². The molecule has 1 fully saturated rings. The van der Waals surface area contributed by atoms with Gasteiger partial charge in [0.05, 0.1) is 17.5 Å². The Morgan fingerprint density at radius 2 is 1.80 bits per heavy atom. The second-order valence-electron chi connectivity index (χ2n) is 7.00. The molecule has 0 radical (unpaired) electrons. The molecule has 3 aromatic rings. The van der Waals surface area contributed by atoms with Gasteiger partial charge in [0.15, 0.2) is 17.4 Å². The summed E-state index contributed by atoms with van der Waals surface area (Å²) in [5.41, 5.74) is -1.14. The van der Waals surface area contributed by atoms with Crippen molar-refractivity contribution in [2.24, 2.45) is 0 Å². The van der Waals surface area contributed by atoms with Crippen molar-refractivity contribution < 1.29 is 27.4 Å². The summed E-state index contributed by atoms with van der Waals surface area (Å²) in [4.78, 5) is 25.3. The van der Waals surface area contributed by atoms with Crippen molar-refractivity contribution in [2.75, 3.05) is 6.61 Å². The summed E-state index contributed by atoms with van der Waals surface area (Å²) in [6.45, 7) is 1.41. The largest absolute Gasteiger partial charge is 0.485 e. The van der Waals surface area contributed by atoms with Crippen LogP contribution in [-0.4, -0.2) is 17.1 Å². The molecule has 8 heteroatoms. The summed E-state index contributed by atoms with van der Waals surface area (Å²) < 4.78 is 55.5. The van der Waals surface area contributed by atoms with E-state index in [4.69, 9.17) is 9.47 Å². The number of halogens is 3. The molecule has 0 N–H and O–H groups in total. The number of fused-ring (bicyclic) bond motifs is 1. The van der Waals surface area contributed by atoms with Gasteiger partial charge in [-0.15, -0.1) is 0 Å². The molecule has 0 atom stereocenters. The van der Waals surface area contributed by atoms with Crippen LogP contribution in [0.15, 0.2) is 41.3 Å². The number of hydrogen-bond donors (Lipinski definition) is 0. The average Bonchev–Trinajstić information content (AvgIpc) is 3.58. The fourth-order valence-corrected chi connectivity index (χ4v) is 3.34. The minimum Gasteiger partial charge on any atom is -0.485 e. The molecule has 1 heterocycles. The lowest BCUT2D eigenvalue weighted by Gasteiger charge is -2.17. The lowest BCUT2D eigenvalue weighted by molar-refractivity contribution is 0.0524. The third-order valence-electron chi connectivity index (χ3n) is 4.92. The van der Waals surface area contributed by atoms with Gasteiger partial charge >= 0.3 is 5.97 Å². The zero-order valence-corrected chi connectivity index (χ0v) is 16.1. The molecule has 1 aliphatic rings. The molecule has 0 spiro atoms. The zero-order chi connectivity index (χ0) is 21.4. The first-order valence-corrected chi connectivity index (χ1v) is 9.53. The fourth-order valence-electron chi connectivity index (χ4n) is 3.34. The van der Waals surface area contributed by atoms with Crippen LogP contribution in [-0.2, 0) is 11.3 Å². The molecule has 0 saturated heterocycles. The number of rotatable bonds is 6. The van der Waals surface area contributed by atoms with Crippen LogP contribution in [0.4, 0.5) is 13.2 Å². The highest BCUT2D eigenvalue weighted by Crippen LogP contribution is 2.40. The van der Waals surface area contributed by atoms with Crippen LogP contribution < -0.4 is 10.2 Å². The second-order valence-corrected chi connectivity index (χ2v) is 7.00. The first-order chi connectivity index (χ1) is 14.4. The van der Waals surface area contributed by atoms with Gasteiger partial charge in [-0.3, -0.25) is 4.79 Å². The highest BCUT2D eigenvalue weighted by atomic mass is 19.2. The predicted molar refractivity (Wildman–Crippen MR) is 103 cm³/mol. The number of pyridine rings is 1. The molecule has 0 amide bonds. The topological polar surface area (TPSA) is 57.5 Å². The highest BCUT2D eigenvalue weighted by Gasteiger charge is 2.33. The Kier molecular flexibility index (Phi) is 5.24. The molecule has 5 nitrogen and oxygen atoms in total. The monoisotopic (exact) mass is 417 g/mol. The maximum absolute atomic E-state index is 14.8. The zero-order valence-electron chi connectivity index (χ0n) is 16.1. The summed E-state index contributed by atoms with van der Waals surface area (Å²) in [6, 6.07) is 8.41. The number of carbonyl (C=O) groups excluding carboxylic acids is 1. The van der Waals surface area contributed by atoms with E-state index >= 15 is 0 Å². The van der Waals surface area contributed by atoms with Gasteiger partial charge < -0.3 is 14.0 Å². The third-order valence-corrected chi connectivity index (χ3v) is 4.92. The Morgan fingerprint density at radius 3 is 2.43 bits per heavy atom. The normalized spacial score (nSPS) is 13.5. The summed E-state index contributed by atoms with van der Waals surface area (Å²) in [7, 11) is 0. The average molecular weight is 417 g/mol. The van der Waals surface area contributed by atoms with Gasteiger partial charge in [-0.2, -0.15) is 4.39 Å². The van der Waals surface area contributed by atoms with E-state index in [1.807, 2.05) is 0 Å². The van der Waals surface area contributed by atoms with Crippen molar-refractivity contribution in [1.29, 1.82) is 0 Å². The number of nitrogens with zero attached hydrogens (tertiary/aromatic N) is 1. The molecule has 30 heavy (non-hydrogen) atoms. The molecule has 0 aliphatic heterocycles. The maximum atomic E-state index is 14.8. The number of carbonyl (C=O) groups is 1. The first-order valence-electron chi connectivity index (χ1n) is 9.53. The SMILES string of the molecule is CCOC(=O)c1cn(C2CC2)c2c(F)c(F)c(F)c(OCc3ccccc3)c2c1=O. The van der Waals surface area contributed by atoms with E-state index in [1.54, 1.807) is 37.3 Å². The van der Waals surface area contributed by atoms with Gasteiger partial charge in [0.2, 0.25) is 11.2 Å². The van der Waals surface area contributed by atoms with Gasteiger partial charge in [0, 0.05) is 12.2 Å². The minimum atomic E-state index is -1.73. The van der Waals surface area contributed by atoms with Crippen LogP contribution in [0.2, 0.25) is 0 Å². The summed E-state index contributed by atoms with van der Waals surface area (Å²) in [6.07, 6.45) is 2.46. The van der Waals surface area contributed by atoms with Crippen LogP contribution in [0.1, 0.15) is 41.7 Å². The second kappa shape index (κ2) is 7.85. The van der Waals surface area contributed by atoms with E-state index in [2.05, 4.69) is 0 Å². The lowest BCUT2D eigenvalue weighted by Crippen LogP contribution is -2.23. The third kappa shape index (κ3) is 3.42. The number of esters is 1. The fraction of sp³-hybridized carbons (Fsp3) is 0.273. The predicted octanol–water partition coefficient (Wildman–Crippen LogP) is 4.51. The van der Waals surface area contributed by atoms with E-state index in [1.165, 1.54) is 4.57 Å². The van der Waals surface area contributed by atoms with Crippen LogP contribution >= 0.6 is 0 Å². The Hall–Kier alpha value is -3.29. The van der Waals surface area contributed by atoms with Crippen molar-refractivity contribution >= 4 is 16.9 Å². The van der Waals surface area contributed by atoms with E-state index in [9.17, 15) is 22.8 Å². The van der Waals surface area contributed by atoms with Crippen molar-refractivity contribution in [3.05, 3.63) is 75.3 Å². The van der Waals surface area contributed by atoms with E-state index < -0.39 is 45.5 Å². The van der Waals surface area contributed by atoms with Crippen molar-refractivity contribution in [3.63, 3.8) is 0 Å². The molecular formula is C22H18F3NO4. The van der Waals surface area contributed by atoms with Gasteiger partial charge in [-0.05, 0) is 25.3 Å². The van der Waals surface area contributed by atoms with Crippen molar-refractivity contribution in [1.82, 2.24) is 4.57 Å². The highest BCUT2D eigenvalue weighted by molar-refractivity contribution is 5.96. The van der Waals surface area contributed by atoms with Gasteiger partial charge in [0.1, 0.15) is 12.2 Å². The number of hydrogen-bond acceptors (Lipinski definition) is 4. The summed E-state index contributed by atoms with van der Waals surface area (Å²) in [5.74, 6) is -6.48. The van der Waals surface area contributed by atoms with E-state index in [-0.39, 0.29) is 24.8 Å². The van der Waals surface area contributed by atoms with Crippen molar-refractivity contribution in [2.45, 2.75) is 32.4 Å². The van der Waals surface area contributed by atoms with Gasteiger partial charge in [0.25, 0.3) is 0 Å². The molecule has 4 rings (SSSR count). The molecule has 156 valence electrons. The number of aromatic nitrogens is 1. The Labute approximate surface area is 169 Å². The molecular weight excluding hydrogens is 399 g/mol. The summed E-state index contributed by atoms with van der Waals surface area (Å²) in [5, 5.41) is -0.514. The van der Waals surface area contributed by atoms with Crippen LogP contribution in [0.5, 0.6) is 5.75 Å². The molecule has 2 aromatic carbocycles. The van der Waals surface area contributed by atoms with Crippen LogP contribution in [0.3, 0.4) is 0 Å². The molecule has 0 bridgehead atoms. The van der Waals surface area contributed by atoms with Gasteiger partial charge in [-0.25, -0.2) is 13.6 Å².